The van der Waals surface area contributed by atoms with Crippen LogP contribution in [0.25, 0.3) is 0 Å². The molecule has 3 rings (SSSR count). The highest BCUT2D eigenvalue weighted by atomic mass is 35.5. The molecule has 2 aromatic rings. The fraction of sp³-hybridized carbons (Fsp3) is 0.263. The molecule has 0 saturated carbocycles. The van der Waals surface area contributed by atoms with Gasteiger partial charge in [0.25, 0.3) is 5.56 Å². The maximum Gasteiger partial charge on any atom is 0.258 e. The van der Waals surface area contributed by atoms with Gasteiger partial charge in [0.05, 0.1) is 11.5 Å². The predicted molar refractivity (Wildman–Crippen MR) is 96.4 cm³/mol. The van der Waals surface area contributed by atoms with Crippen molar-refractivity contribution in [3.8, 4) is 11.8 Å². The monoisotopic (exact) mass is 373 g/mol. The van der Waals surface area contributed by atoms with Crippen molar-refractivity contribution in [2.75, 3.05) is 0 Å². The average Bonchev–Trinajstić information content (AvgIpc) is 2.59. The summed E-state index contributed by atoms with van der Waals surface area (Å²) in [6.45, 7) is 1.99. The lowest BCUT2D eigenvalue weighted by atomic mass is 9.83. The molecule has 2 heterocycles. The molecule has 1 aliphatic heterocycles. The van der Waals surface area contributed by atoms with Crippen molar-refractivity contribution in [1.29, 1.82) is 5.26 Å². The molecule has 1 aliphatic rings. The highest BCUT2D eigenvalue weighted by Crippen LogP contribution is 2.43. The third kappa shape index (κ3) is 2.74. The number of nitrogens with zero attached hydrogens (tertiary/aromatic N) is 2. The molecule has 0 amide bonds. The van der Waals surface area contributed by atoms with E-state index in [0.717, 1.165) is 12.1 Å². The summed E-state index contributed by atoms with van der Waals surface area (Å²) in [6, 6.07) is 7.86. The molecule has 1 aromatic carbocycles. The summed E-state index contributed by atoms with van der Waals surface area (Å²) in [4.78, 5) is 13.0. The molecule has 1 unspecified atom stereocenters. The van der Waals surface area contributed by atoms with E-state index in [9.17, 15) is 14.4 Å². The number of halogens is 2. The second-order valence-corrected chi connectivity index (χ2v) is 6.50. The van der Waals surface area contributed by atoms with Gasteiger partial charge in [0.15, 0.2) is 0 Å². The number of hydrogen-bond donors (Lipinski definition) is 1. The Kier molecular flexibility index (Phi) is 4.75. The lowest BCUT2D eigenvalue weighted by molar-refractivity contribution is 0.387. The quantitative estimate of drug-likeness (QED) is 0.894. The van der Waals surface area contributed by atoms with E-state index in [1.165, 1.54) is 22.8 Å². The van der Waals surface area contributed by atoms with Gasteiger partial charge in [-0.1, -0.05) is 31.0 Å². The fourth-order valence-corrected chi connectivity index (χ4v) is 3.52. The van der Waals surface area contributed by atoms with Crippen LogP contribution in [0.2, 0.25) is 5.02 Å². The second kappa shape index (κ2) is 6.85. The van der Waals surface area contributed by atoms with Crippen LogP contribution < -0.4 is 16.0 Å². The van der Waals surface area contributed by atoms with Crippen LogP contribution in [-0.2, 0) is 13.5 Å². The van der Waals surface area contributed by atoms with E-state index in [2.05, 4.69) is 0 Å². The molecule has 134 valence electrons. The minimum Gasteiger partial charge on any atom is -0.440 e. The number of nitriles is 1. The standard InChI is InChI=1S/C19H17ClFN3O2/c1-3-5-10-8-14-17(19(25)24(10)2)15(11(9-22)18(23)26-14)16-12(20)6-4-7-13(16)21/h4,6-8,15H,3,5,23H2,1-2H3. The lowest BCUT2D eigenvalue weighted by Gasteiger charge is -2.27. The summed E-state index contributed by atoms with van der Waals surface area (Å²) >= 11 is 6.21. The highest BCUT2D eigenvalue weighted by Gasteiger charge is 2.36. The first-order valence-corrected chi connectivity index (χ1v) is 8.52. The summed E-state index contributed by atoms with van der Waals surface area (Å²) in [5.41, 5.74) is 6.47. The molecule has 2 N–H and O–H groups in total. The lowest BCUT2D eigenvalue weighted by Crippen LogP contribution is -2.32. The smallest absolute Gasteiger partial charge is 0.258 e. The van der Waals surface area contributed by atoms with Crippen LogP contribution in [0.3, 0.4) is 0 Å². The van der Waals surface area contributed by atoms with Crippen LogP contribution in [0.4, 0.5) is 4.39 Å². The van der Waals surface area contributed by atoms with Crippen LogP contribution in [0.15, 0.2) is 40.5 Å². The summed E-state index contributed by atoms with van der Waals surface area (Å²) in [5.74, 6) is -1.56. The summed E-state index contributed by atoms with van der Waals surface area (Å²) in [6.07, 6.45) is 1.51. The zero-order valence-electron chi connectivity index (χ0n) is 14.3. The van der Waals surface area contributed by atoms with Gasteiger partial charge in [-0.15, -0.1) is 0 Å². The first kappa shape index (κ1) is 18.0. The van der Waals surface area contributed by atoms with Crippen molar-refractivity contribution in [3.05, 3.63) is 73.7 Å². The number of fused-ring (bicyclic) bond motifs is 1. The molecule has 1 aromatic heterocycles. The maximum absolute atomic E-state index is 14.6. The molecule has 0 aliphatic carbocycles. The number of benzene rings is 1. The Bertz CT molecular complexity index is 1000. The number of hydrogen-bond acceptors (Lipinski definition) is 4. The van der Waals surface area contributed by atoms with Crippen molar-refractivity contribution >= 4 is 11.6 Å². The van der Waals surface area contributed by atoms with Gasteiger partial charge in [0.1, 0.15) is 23.2 Å². The van der Waals surface area contributed by atoms with E-state index in [4.69, 9.17) is 22.1 Å². The Labute approximate surface area is 155 Å². The molecule has 0 spiro atoms. The first-order chi connectivity index (χ1) is 12.4. The Hall–Kier alpha value is -2.78. The molecule has 7 heteroatoms. The van der Waals surface area contributed by atoms with Crippen LogP contribution in [0.1, 0.15) is 36.1 Å². The number of aromatic nitrogens is 1. The summed E-state index contributed by atoms with van der Waals surface area (Å²) < 4.78 is 21.6. The average molecular weight is 374 g/mol. The number of nitrogens with two attached hydrogens (primary N) is 1. The number of ether oxygens (including phenoxy) is 1. The number of rotatable bonds is 3. The van der Waals surface area contributed by atoms with Gasteiger partial charge in [0.2, 0.25) is 5.88 Å². The molecular formula is C19H17ClFN3O2. The maximum atomic E-state index is 14.6. The van der Waals surface area contributed by atoms with E-state index in [1.807, 2.05) is 13.0 Å². The molecule has 5 nitrogen and oxygen atoms in total. The van der Waals surface area contributed by atoms with Crippen LogP contribution >= 0.6 is 11.6 Å². The molecular weight excluding hydrogens is 357 g/mol. The van der Waals surface area contributed by atoms with E-state index >= 15 is 0 Å². The summed E-state index contributed by atoms with van der Waals surface area (Å²) in [7, 11) is 1.64. The minimum absolute atomic E-state index is 0.0372. The fourth-order valence-electron chi connectivity index (χ4n) is 3.24. The van der Waals surface area contributed by atoms with Crippen molar-refractivity contribution in [3.63, 3.8) is 0 Å². The Balaban J connectivity index is 2.37. The molecule has 26 heavy (non-hydrogen) atoms. The van der Waals surface area contributed by atoms with E-state index in [1.54, 1.807) is 13.1 Å². The first-order valence-electron chi connectivity index (χ1n) is 8.15. The van der Waals surface area contributed by atoms with Gasteiger partial charge in [-0.3, -0.25) is 4.79 Å². The zero-order valence-corrected chi connectivity index (χ0v) is 15.1. The topological polar surface area (TPSA) is 81.0 Å². The van der Waals surface area contributed by atoms with Crippen LogP contribution in [-0.4, -0.2) is 4.57 Å². The zero-order chi connectivity index (χ0) is 19.0. The van der Waals surface area contributed by atoms with Crippen LogP contribution in [0, 0.1) is 17.1 Å². The van der Waals surface area contributed by atoms with Crippen LogP contribution in [0.5, 0.6) is 5.75 Å². The largest absolute Gasteiger partial charge is 0.440 e. The molecule has 1 atom stereocenters. The third-order valence-corrected chi connectivity index (χ3v) is 4.84. The Morgan fingerprint density at radius 3 is 2.77 bits per heavy atom. The molecule has 0 bridgehead atoms. The van der Waals surface area contributed by atoms with Gasteiger partial charge >= 0.3 is 0 Å². The highest BCUT2D eigenvalue weighted by molar-refractivity contribution is 6.31. The van der Waals surface area contributed by atoms with Crippen molar-refractivity contribution in [2.24, 2.45) is 12.8 Å². The normalized spacial score (nSPS) is 16.0. The van der Waals surface area contributed by atoms with Gasteiger partial charge in [0, 0.05) is 29.4 Å². The molecule has 0 radical (unpaired) electrons. The van der Waals surface area contributed by atoms with Crippen molar-refractivity contribution in [2.45, 2.75) is 25.7 Å². The molecule has 0 saturated heterocycles. The van der Waals surface area contributed by atoms with Gasteiger partial charge in [-0.25, -0.2) is 4.39 Å². The van der Waals surface area contributed by atoms with Gasteiger partial charge in [-0.05, 0) is 18.6 Å². The third-order valence-electron chi connectivity index (χ3n) is 4.51. The SMILES string of the molecule is CCCc1cc2c(c(=O)n1C)C(c1c(F)cccc1Cl)C(C#N)=C(N)O2. The van der Waals surface area contributed by atoms with Gasteiger partial charge in [-0.2, -0.15) is 5.26 Å². The van der Waals surface area contributed by atoms with E-state index in [-0.39, 0.29) is 38.9 Å². The predicted octanol–water partition coefficient (Wildman–Crippen LogP) is 3.35. The Morgan fingerprint density at radius 2 is 2.15 bits per heavy atom. The van der Waals surface area contributed by atoms with E-state index in [0.29, 0.717) is 6.42 Å². The Morgan fingerprint density at radius 1 is 1.42 bits per heavy atom. The van der Waals surface area contributed by atoms with Crippen molar-refractivity contribution in [1.82, 2.24) is 4.57 Å². The summed E-state index contributed by atoms with van der Waals surface area (Å²) in [5, 5.41) is 9.67. The second-order valence-electron chi connectivity index (χ2n) is 6.09. The number of pyridine rings is 1. The number of aryl methyl sites for hydroxylation is 1. The van der Waals surface area contributed by atoms with Gasteiger partial charge < -0.3 is 15.0 Å². The molecule has 0 fully saturated rings. The van der Waals surface area contributed by atoms with Crippen molar-refractivity contribution < 1.29 is 9.13 Å². The van der Waals surface area contributed by atoms with E-state index < -0.39 is 11.7 Å². The minimum atomic E-state index is -1.02. The number of allylic oxidation sites excluding steroid dienone is 1.